The van der Waals surface area contributed by atoms with Crippen molar-refractivity contribution in [2.24, 2.45) is 0 Å². The molecule has 3 N–H and O–H groups in total. The summed E-state index contributed by atoms with van der Waals surface area (Å²) in [7, 11) is 9.24. The molecular formula is C40H41Cl2F3N2O10. The van der Waals surface area contributed by atoms with Crippen molar-refractivity contribution < 1.29 is 61.6 Å². The predicted molar refractivity (Wildman–Crippen MR) is 212 cm³/mol. The molecule has 2 heterocycles. The molecule has 12 nitrogen and oxygen atoms in total. The van der Waals surface area contributed by atoms with Crippen molar-refractivity contribution in [3.63, 3.8) is 0 Å². The molecule has 4 aromatic carbocycles. The SMILES string of the molecule is COc1cc(Cc2cncc3c(O)c(O)ccc23)cc(OC)c1OC.COc1cc(Cc2cncc3c(O)c(OCC(F)(F)F)ccc23)cc(OC)c1OC.Cl.Cl. The predicted octanol–water partition coefficient (Wildman–Crippen LogP) is 8.60. The van der Waals surface area contributed by atoms with Gasteiger partial charge in [-0.05, 0) is 82.3 Å². The maximum atomic E-state index is 12.4. The molecule has 0 saturated heterocycles. The number of hydrogen-bond acceptors (Lipinski definition) is 12. The minimum absolute atomic E-state index is 0. The summed E-state index contributed by atoms with van der Waals surface area (Å²) in [5.74, 6) is 2.14. The Kier molecular flexibility index (Phi) is 15.8. The van der Waals surface area contributed by atoms with Gasteiger partial charge >= 0.3 is 6.18 Å². The number of benzene rings is 4. The van der Waals surface area contributed by atoms with Gasteiger partial charge in [0.2, 0.25) is 11.5 Å². The molecule has 0 aliphatic heterocycles. The summed E-state index contributed by atoms with van der Waals surface area (Å²) in [6, 6.07) is 13.5. The van der Waals surface area contributed by atoms with Crippen LogP contribution in [0.4, 0.5) is 13.2 Å². The Hall–Kier alpha value is -5.93. The number of phenolic OH excluding ortho intramolecular Hbond substituents is 3. The Labute approximate surface area is 338 Å². The van der Waals surface area contributed by atoms with Gasteiger partial charge in [-0.25, -0.2) is 0 Å². The third-order valence-electron chi connectivity index (χ3n) is 8.57. The summed E-state index contributed by atoms with van der Waals surface area (Å²) in [6.07, 6.45) is 2.72. The molecule has 0 aliphatic carbocycles. The van der Waals surface area contributed by atoms with Crippen molar-refractivity contribution in [2.75, 3.05) is 49.3 Å². The molecule has 0 fully saturated rings. The van der Waals surface area contributed by atoms with Crippen molar-refractivity contribution >= 4 is 46.4 Å². The van der Waals surface area contributed by atoms with E-state index in [1.165, 1.54) is 45.9 Å². The fourth-order valence-corrected chi connectivity index (χ4v) is 6.02. The van der Waals surface area contributed by atoms with E-state index >= 15 is 0 Å². The minimum Gasteiger partial charge on any atom is -0.504 e. The lowest BCUT2D eigenvalue weighted by molar-refractivity contribution is -0.153. The molecule has 0 bridgehead atoms. The van der Waals surface area contributed by atoms with Crippen LogP contribution in [0.15, 0.2) is 73.3 Å². The molecule has 0 unspecified atom stereocenters. The maximum Gasteiger partial charge on any atom is 0.422 e. The molecule has 17 heteroatoms. The van der Waals surface area contributed by atoms with Gasteiger partial charge in [-0.2, -0.15) is 13.2 Å². The van der Waals surface area contributed by atoms with Crippen LogP contribution in [0.5, 0.6) is 57.5 Å². The number of pyridine rings is 2. The highest BCUT2D eigenvalue weighted by Gasteiger charge is 2.29. The standard InChI is InChI=1S/C21H20F3NO5.C19H19NO5.2ClH/c1-27-17-7-12(8-18(28-2)20(17)29-3)6-13-9-25-10-15-14(13)4-5-16(19(15)26)30-11-21(22,23)24;1-23-16-7-11(8-17(24-2)19(16)25-3)6-12-9-20-10-14-13(12)4-5-15(21)18(14)22;;/h4-5,7-10,26H,6,11H2,1-3H3;4-5,7-10,21-22H,6H2,1-3H3;2*1H. The van der Waals surface area contributed by atoms with Crippen molar-refractivity contribution in [3.8, 4) is 57.5 Å². The van der Waals surface area contributed by atoms with Gasteiger partial charge in [0.05, 0.1) is 42.7 Å². The normalized spacial score (nSPS) is 10.7. The molecule has 0 spiro atoms. The number of halogens is 5. The number of ether oxygens (including phenoxy) is 7. The number of hydrogen-bond donors (Lipinski definition) is 3. The lowest BCUT2D eigenvalue weighted by Crippen LogP contribution is -2.19. The molecule has 6 aromatic rings. The van der Waals surface area contributed by atoms with Gasteiger partial charge in [0.15, 0.2) is 52.6 Å². The van der Waals surface area contributed by atoms with Gasteiger partial charge in [-0.15, -0.1) is 24.8 Å². The average molecular weight is 838 g/mol. The van der Waals surface area contributed by atoms with E-state index in [1.54, 1.807) is 58.0 Å². The number of fused-ring (bicyclic) bond motifs is 2. The first kappa shape index (κ1) is 45.5. The molecule has 0 saturated carbocycles. The minimum atomic E-state index is -4.51. The van der Waals surface area contributed by atoms with E-state index in [0.29, 0.717) is 63.5 Å². The zero-order chi connectivity index (χ0) is 39.9. The Morgan fingerprint density at radius 3 is 1.30 bits per heavy atom. The summed E-state index contributed by atoms with van der Waals surface area (Å²) in [6.45, 7) is -1.50. The molecule has 57 heavy (non-hydrogen) atoms. The van der Waals surface area contributed by atoms with Gasteiger partial charge in [0.1, 0.15) is 0 Å². The first-order valence-corrected chi connectivity index (χ1v) is 16.5. The van der Waals surface area contributed by atoms with Crippen LogP contribution in [0.25, 0.3) is 21.5 Å². The molecule has 306 valence electrons. The van der Waals surface area contributed by atoms with E-state index in [9.17, 15) is 28.5 Å². The Morgan fingerprint density at radius 2 is 0.912 bits per heavy atom. The molecule has 0 aliphatic rings. The monoisotopic (exact) mass is 836 g/mol. The van der Waals surface area contributed by atoms with E-state index in [4.69, 9.17) is 33.2 Å². The van der Waals surface area contributed by atoms with E-state index in [2.05, 4.69) is 9.97 Å². The Bertz CT molecular complexity index is 2260. The van der Waals surface area contributed by atoms with E-state index in [0.717, 1.165) is 27.6 Å². The number of rotatable bonds is 12. The molecule has 0 atom stereocenters. The van der Waals surface area contributed by atoms with Gasteiger partial charge in [-0.3, -0.25) is 9.97 Å². The molecular weight excluding hydrogens is 796 g/mol. The zero-order valence-corrected chi connectivity index (χ0v) is 33.2. The first-order chi connectivity index (χ1) is 26.4. The van der Waals surface area contributed by atoms with Crippen molar-refractivity contribution in [1.82, 2.24) is 9.97 Å². The molecule has 0 amide bonds. The summed E-state index contributed by atoms with van der Waals surface area (Å²) < 4.78 is 74.1. The number of alkyl halides is 3. The van der Waals surface area contributed by atoms with Gasteiger partial charge < -0.3 is 48.5 Å². The van der Waals surface area contributed by atoms with Crippen LogP contribution in [0, 0.1) is 0 Å². The second-order valence-electron chi connectivity index (χ2n) is 12.0. The van der Waals surface area contributed by atoms with Crippen molar-refractivity contribution in [2.45, 2.75) is 19.0 Å². The summed E-state index contributed by atoms with van der Waals surface area (Å²) in [5, 5.41) is 32.3. The van der Waals surface area contributed by atoms with E-state index in [1.807, 2.05) is 12.1 Å². The quantitative estimate of drug-likeness (QED) is 0.101. The fourth-order valence-electron chi connectivity index (χ4n) is 6.02. The first-order valence-electron chi connectivity index (χ1n) is 16.5. The number of nitrogens with zero attached hydrogens (tertiary/aromatic N) is 2. The highest BCUT2D eigenvalue weighted by Crippen LogP contribution is 2.42. The number of methoxy groups -OCH3 is 6. The lowest BCUT2D eigenvalue weighted by Gasteiger charge is -2.15. The van der Waals surface area contributed by atoms with Crippen LogP contribution in [0.1, 0.15) is 22.3 Å². The van der Waals surface area contributed by atoms with Crippen LogP contribution in [-0.2, 0) is 12.8 Å². The van der Waals surface area contributed by atoms with Crippen LogP contribution < -0.4 is 33.2 Å². The Morgan fingerprint density at radius 1 is 0.509 bits per heavy atom. The van der Waals surface area contributed by atoms with Crippen LogP contribution in [-0.4, -0.2) is 80.7 Å². The smallest absolute Gasteiger partial charge is 0.422 e. The van der Waals surface area contributed by atoms with Gasteiger partial charge in [0, 0.05) is 35.6 Å². The molecule has 2 aromatic heterocycles. The topological polar surface area (TPSA) is 151 Å². The van der Waals surface area contributed by atoms with E-state index in [-0.39, 0.29) is 42.1 Å². The zero-order valence-electron chi connectivity index (χ0n) is 31.6. The summed E-state index contributed by atoms with van der Waals surface area (Å²) in [4.78, 5) is 8.29. The third-order valence-corrected chi connectivity index (χ3v) is 8.57. The van der Waals surface area contributed by atoms with Gasteiger partial charge in [0.25, 0.3) is 0 Å². The van der Waals surface area contributed by atoms with Crippen LogP contribution in [0.2, 0.25) is 0 Å². The van der Waals surface area contributed by atoms with Gasteiger partial charge in [-0.1, -0.05) is 12.1 Å². The highest BCUT2D eigenvalue weighted by molar-refractivity contribution is 5.93. The maximum absolute atomic E-state index is 12.4. The Balaban J connectivity index is 0.000000299. The highest BCUT2D eigenvalue weighted by atomic mass is 35.5. The van der Waals surface area contributed by atoms with Crippen molar-refractivity contribution in [1.29, 1.82) is 0 Å². The lowest BCUT2D eigenvalue weighted by atomic mass is 9.99. The van der Waals surface area contributed by atoms with Crippen LogP contribution in [0.3, 0.4) is 0 Å². The second kappa shape index (κ2) is 19.8. The van der Waals surface area contributed by atoms with Crippen molar-refractivity contribution in [3.05, 3.63) is 95.6 Å². The largest absolute Gasteiger partial charge is 0.504 e. The molecule has 0 radical (unpaired) electrons. The fraction of sp³-hybridized carbons (Fsp3) is 0.250. The second-order valence-corrected chi connectivity index (χ2v) is 12.0. The number of aromatic nitrogens is 2. The number of phenols is 3. The average Bonchev–Trinajstić information content (AvgIpc) is 3.18. The summed E-state index contributed by atoms with van der Waals surface area (Å²) in [5.41, 5.74) is 3.42. The number of aromatic hydroxyl groups is 3. The molecule has 6 rings (SSSR count). The van der Waals surface area contributed by atoms with E-state index < -0.39 is 18.5 Å². The summed E-state index contributed by atoms with van der Waals surface area (Å²) >= 11 is 0. The third kappa shape index (κ3) is 10.3. The van der Waals surface area contributed by atoms with Crippen LogP contribution >= 0.6 is 24.8 Å².